The molecule has 2 aromatic rings. The van der Waals surface area contributed by atoms with Crippen LogP contribution in [0.15, 0.2) is 18.5 Å². The number of pyridine rings is 1. The number of fused-ring (bicyclic) bond motifs is 1. The molecule has 0 saturated carbocycles. The number of rotatable bonds is 5. The summed E-state index contributed by atoms with van der Waals surface area (Å²) in [5.41, 5.74) is 0.811. The largest absolute Gasteiger partial charge is 0.444 e. The van der Waals surface area contributed by atoms with Crippen molar-refractivity contribution in [1.29, 1.82) is 0 Å². The van der Waals surface area contributed by atoms with E-state index in [4.69, 9.17) is 4.74 Å². The lowest BCUT2D eigenvalue weighted by Gasteiger charge is -2.19. The van der Waals surface area contributed by atoms with Gasteiger partial charge in [0.2, 0.25) is 5.91 Å². The highest BCUT2D eigenvalue weighted by atomic mass is 16.6. The minimum Gasteiger partial charge on any atom is -0.444 e. The molecule has 0 unspecified atom stereocenters. The molecule has 0 fully saturated rings. The summed E-state index contributed by atoms with van der Waals surface area (Å²) in [7, 11) is 0. The van der Waals surface area contributed by atoms with Crippen molar-refractivity contribution in [2.75, 3.05) is 11.9 Å². The van der Waals surface area contributed by atoms with E-state index < -0.39 is 11.7 Å². The summed E-state index contributed by atoms with van der Waals surface area (Å²) in [5.74, 6) is -0.214. The highest BCUT2D eigenvalue weighted by Crippen LogP contribution is 2.19. The lowest BCUT2D eigenvalue weighted by atomic mass is 10.2. The Morgan fingerprint density at radius 1 is 1.28 bits per heavy atom. The highest BCUT2D eigenvalue weighted by molar-refractivity contribution is 5.92. The number of hydrogen-bond acceptors (Lipinski definition) is 5. The Bertz CT molecular complexity index is 761. The number of nitrogens with one attached hydrogen (secondary N) is 2. The van der Waals surface area contributed by atoms with Crippen molar-refractivity contribution in [2.45, 2.75) is 52.7 Å². The van der Waals surface area contributed by atoms with Gasteiger partial charge in [0, 0.05) is 24.4 Å². The topological polar surface area (TPSA) is 98.1 Å². The third kappa shape index (κ3) is 5.44. The van der Waals surface area contributed by atoms with Gasteiger partial charge < -0.3 is 15.4 Å². The van der Waals surface area contributed by atoms with Gasteiger partial charge in [-0.05, 0) is 40.7 Å². The number of anilines is 1. The van der Waals surface area contributed by atoms with Gasteiger partial charge in [0.05, 0.1) is 18.1 Å². The molecule has 0 aliphatic carbocycles. The maximum absolute atomic E-state index is 12.0. The van der Waals surface area contributed by atoms with Crippen LogP contribution < -0.4 is 10.6 Å². The first kappa shape index (κ1) is 18.7. The molecule has 2 amide bonds. The van der Waals surface area contributed by atoms with Gasteiger partial charge in [-0.15, -0.1) is 0 Å². The van der Waals surface area contributed by atoms with Crippen molar-refractivity contribution < 1.29 is 14.3 Å². The second-order valence-corrected chi connectivity index (χ2v) is 7.05. The van der Waals surface area contributed by atoms with Gasteiger partial charge in [-0.1, -0.05) is 0 Å². The van der Waals surface area contributed by atoms with Gasteiger partial charge in [0.25, 0.3) is 0 Å². The van der Waals surface area contributed by atoms with E-state index in [9.17, 15) is 9.59 Å². The smallest absolute Gasteiger partial charge is 0.407 e. The maximum atomic E-state index is 12.0. The third-order valence-corrected chi connectivity index (χ3v) is 3.23. The van der Waals surface area contributed by atoms with Crippen LogP contribution in [0, 0.1) is 0 Å². The summed E-state index contributed by atoms with van der Waals surface area (Å²) in [6.45, 7) is 9.60. The molecule has 0 bridgehead atoms. The van der Waals surface area contributed by atoms with E-state index in [1.165, 1.54) is 0 Å². The molecule has 25 heavy (non-hydrogen) atoms. The number of carbonyl (C=O) groups excluding carboxylic acids is 2. The predicted octanol–water partition coefficient (Wildman–Crippen LogP) is 2.87. The fourth-order valence-electron chi connectivity index (χ4n) is 2.20. The van der Waals surface area contributed by atoms with E-state index in [2.05, 4.69) is 20.7 Å². The number of alkyl carbamates (subject to hydrolysis) is 1. The average Bonchev–Trinajstić information content (AvgIpc) is 2.88. The quantitative estimate of drug-likeness (QED) is 0.866. The normalized spacial score (nSPS) is 11.6. The Morgan fingerprint density at radius 3 is 2.64 bits per heavy atom. The molecule has 2 aromatic heterocycles. The molecule has 2 heterocycles. The first-order valence-corrected chi connectivity index (χ1v) is 8.25. The van der Waals surface area contributed by atoms with Gasteiger partial charge >= 0.3 is 6.09 Å². The van der Waals surface area contributed by atoms with Crippen molar-refractivity contribution in [3.63, 3.8) is 0 Å². The number of amides is 2. The zero-order valence-corrected chi connectivity index (χ0v) is 15.3. The van der Waals surface area contributed by atoms with E-state index in [1.54, 1.807) is 33.2 Å². The standard InChI is InChI=1S/C17H25N5O3/c1-11(2)22-15-12(9-20-22)8-13(10-19-15)21-14(23)6-7-18-16(24)25-17(3,4)5/h8-11H,6-7H2,1-5H3,(H,18,24)(H,21,23). The zero-order chi connectivity index (χ0) is 18.6. The average molecular weight is 347 g/mol. The van der Waals surface area contributed by atoms with Crippen molar-refractivity contribution in [1.82, 2.24) is 20.1 Å². The Hall–Kier alpha value is -2.64. The summed E-state index contributed by atoms with van der Waals surface area (Å²) in [6.07, 6.45) is 2.93. The molecule has 8 heteroatoms. The number of nitrogens with zero attached hydrogens (tertiary/aromatic N) is 3. The van der Waals surface area contributed by atoms with Crippen LogP contribution >= 0.6 is 0 Å². The van der Waals surface area contributed by atoms with Crippen LogP contribution in [0.4, 0.5) is 10.5 Å². The Balaban J connectivity index is 1.86. The van der Waals surface area contributed by atoms with Crippen LogP contribution in [-0.4, -0.2) is 38.9 Å². The van der Waals surface area contributed by atoms with Crippen molar-refractivity contribution in [2.24, 2.45) is 0 Å². The molecule has 0 spiro atoms. The molecular formula is C17H25N5O3. The first-order valence-electron chi connectivity index (χ1n) is 8.25. The van der Waals surface area contributed by atoms with Crippen LogP contribution in [-0.2, 0) is 9.53 Å². The predicted molar refractivity (Wildman–Crippen MR) is 95.4 cm³/mol. The second-order valence-electron chi connectivity index (χ2n) is 7.05. The molecule has 0 aromatic carbocycles. The van der Waals surface area contributed by atoms with Crippen LogP contribution in [0.5, 0.6) is 0 Å². The van der Waals surface area contributed by atoms with Gasteiger partial charge in [-0.2, -0.15) is 5.10 Å². The zero-order valence-electron chi connectivity index (χ0n) is 15.3. The van der Waals surface area contributed by atoms with Gasteiger partial charge in [0.1, 0.15) is 5.60 Å². The lowest BCUT2D eigenvalue weighted by Crippen LogP contribution is -2.34. The summed E-state index contributed by atoms with van der Waals surface area (Å²) in [4.78, 5) is 27.9. The van der Waals surface area contributed by atoms with Crippen LogP contribution in [0.1, 0.15) is 47.1 Å². The van der Waals surface area contributed by atoms with Gasteiger partial charge in [-0.3, -0.25) is 4.79 Å². The SMILES string of the molecule is CC(C)n1ncc2cc(NC(=O)CCNC(=O)OC(C)(C)C)cnc21. The molecule has 2 N–H and O–H groups in total. The van der Waals surface area contributed by atoms with Crippen LogP contribution in [0.25, 0.3) is 11.0 Å². The van der Waals surface area contributed by atoms with Crippen molar-refractivity contribution in [3.8, 4) is 0 Å². The number of aromatic nitrogens is 3. The summed E-state index contributed by atoms with van der Waals surface area (Å²) >= 11 is 0. The van der Waals surface area contributed by atoms with Crippen molar-refractivity contribution in [3.05, 3.63) is 18.5 Å². The van der Waals surface area contributed by atoms with E-state index in [0.717, 1.165) is 11.0 Å². The van der Waals surface area contributed by atoms with E-state index in [1.807, 2.05) is 24.6 Å². The number of carbonyl (C=O) groups is 2. The van der Waals surface area contributed by atoms with Crippen LogP contribution in [0.2, 0.25) is 0 Å². The summed E-state index contributed by atoms with van der Waals surface area (Å²) in [6, 6.07) is 2.04. The molecule has 0 aliphatic heterocycles. The summed E-state index contributed by atoms with van der Waals surface area (Å²) in [5, 5.41) is 10.5. The van der Waals surface area contributed by atoms with Gasteiger partial charge in [0.15, 0.2) is 5.65 Å². The minimum atomic E-state index is -0.562. The first-order chi connectivity index (χ1) is 11.7. The van der Waals surface area contributed by atoms with E-state index in [0.29, 0.717) is 5.69 Å². The highest BCUT2D eigenvalue weighted by Gasteiger charge is 2.16. The Morgan fingerprint density at radius 2 is 2.00 bits per heavy atom. The molecule has 2 rings (SSSR count). The lowest BCUT2D eigenvalue weighted by molar-refractivity contribution is -0.116. The van der Waals surface area contributed by atoms with E-state index >= 15 is 0 Å². The molecule has 0 atom stereocenters. The molecule has 0 radical (unpaired) electrons. The van der Waals surface area contributed by atoms with E-state index in [-0.39, 0.29) is 24.9 Å². The molecule has 0 saturated heterocycles. The number of hydrogen-bond donors (Lipinski definition) is 2. The van der Waals surface area contributed by atoms with Crippen LogP contribution in [0.3, 0.4) is 0 Å². The fraction of sp³-hybridized carbons (Fsp3) is 0.529. The third-order valence-electron chi connectivity index (χ3n) is 3.23. The fourth-order valence-corrected chi connectivity index (χ4v) is 2.20. The minimum absolute atomic E-state index is 0.141. The molecule has 8 nitrogen and oxygen atoms in total. The maximum Gasteiger partial charge on any atom is 0.407 e. The second kappa shape index (κ2) is 7.50. The molecule has 136 valence electrons. The van der Waals surface area contributed by atoms with Crippen molar-refractivity contribution >= 4 is 28.7 Å². The molecular weight excluding hydrogens is 322 g/mol. The Labute approximate surface area is 146 Å². The van der Waals surface area contributed by atoms with Gasteiger partial charge in [-0.25, -0.2) is 14.5 Å². The number of ether oxygens (including phenoxy) is 1. The summed E-state index contributed by atoms with van der Waals surface area (Å²) < 4.78 is 6.93. The Kier molecular flexibility index (Phi) is 5.61. The molecule has 0 aliphatic rings. The monoisotopic (exact) mass is 347 g/mol.